The summed E-state index contributed by atoms with van der Waals surface area (Å²) in [6.07, 6.45) is 22.8. The number of hydrogen-bond acceptors (Lipinski definition) is 4. The Hall–Kier alpha value is -0.160. The second kappa shape index (κ2) is 23.1. The summed E-state index contributed by atoms with van der Waals surface area (Å²) >= 11 is 0. The van der Waals surface area contributed by atoms with E-state index in [-0.39, 0.29) is 25.9 Å². The van der Waals surface area contributed by atoms with Gasteiger partial charge in [-0.3, -0.25) is 4.90 Å². The summed E-state index contributed by atoms with van der Waals surface area (Å²) in [6, 6.07) is 0.0749. The van der Waals surface area contributed by atoms with Gasteiger partial charge in [0.2, 0.25) is 0 Å². The van der Waals surface area contributed by atoms with Crippen molar-refractivity contribution in [1.82, 2.24) is 4.90 Å². The van der Waals surface area contributed by atoms with Crippen LogP contribution in [-0.2, 0) is 0 Å². The van der Waals surface area contributed by atoms with E-state index in [4.69, 9.17) is 10.2 Å². The van der Waals surface area contributed by atoms with Gasteiger partial charge in [-0.1, -0.05) is 110 Å². The van der Waals surface area contributed by atoms with Crippen LogP contribution >= 0.6 is 0 Å². The van der Waals surface area contributed by atoms with Crippen LogP contribution in [0.1, 0.15) is 116 Å². The average molecular weight is 402 g/mol. The lowest BCUT2D eigenvalue weighted by molar-refractivity contribution is 0.0781. The molecule has 0 aromatic rings. The number of unbranched alkanes of at least 4 members (excludes halogenated alkanes) is 15. The first kappa shape index (κ1) is 27.8. The summed E-state index contributed by atoms with van der Waals surface area (Å²) in [4.78, 5) is 2.01. The highest BCUT2D eigenvalue weighted by molar-refractivity contribution is 4.71. The number of aliphatic hydroxyl groups is 3. The first-order valence-electron chi connectivity index (χ1n) is 12.4. The number of aliphatic hydroxyl groups excluding tert-OH is 3. The van der Waals surface area contributed by atoms with E-state index in [9.17, 15) is 5.11 Å². The van der Waals surface area contributed by atoms with Gasteiger partial charge in [-0.15, -0.1) is 0 Å². The van der Waals surface area contributed by atoms with Crippen LogP contribution in [0, 0.1) is 0 Å². The Kier molecular flexibility index (Phi) is 23.0. The molecule has 28 heavy (non-hydrogen) atoms. The van der Waals surface area contributed by atoms with Gasteiger partial charge < -0.3 is 15.3 Å². The first-order valence-corrected chi connectivity index (χ1v) is 12.4. The molecule has 3 N–H and O–H groups in total. The van der Waals surface area contributed by atoms with Crippen LogP contribution < -0.4 is 0 Å². The highest BCUT2D eigenvalue weighted by Gasteiger charge is 2.16. The van der Waals surface area contributed by atoms with Crippen molar-refractivity contribution < 1.29 is 15.3 Å². The van der Waals surface area contributed by atoms with Crippen molar-refractivity contribution in [2.75, 3.05) is 32.9 Å². The van der Waals surface area contributed by atoms with E-state index < -0.39 is 0 Å². The molecule has 0 aliphatic heterocycles. The molecule has 170 valence electrons. The summed E-state index contributed by atoms with van der Waals surface area (Å²) in [5, 5.41) is 27.8. The molecule has 0 saturated carbocycles. The third-order valence-corrected chi connectivity index (χ3v) is 5.89. The zero-order valence-corrected chi connectivity index (χ0v) is 18.9. The maximum absolute atomic E-state index is 9.57. The largest absolute Gasteiger partial charge is 0.395 e. The lowest BCUT2D eigenvalue weighted by Gasteiger charge is -2.29. The summed E-state index contributed by atoms with van der Waals surface area (Å²) in [6.45, 7) is 3.61. The monoisotopic (exact) mass is 401 g/mol. The minimum absolute atomic E-state index is 0.0749. The van der Waals surface area contributed by atoms with E-state index in [1.807, 2.05) is 4.90 Å². The molecular formula is C24H51NO3. The first-order chi connectivity index (χ1) is 13.8. The van der Waals surface area contributed by atoms with Crippen LogP contribution in [-0.4, -0.2) is 59.2 Å². The van der Waals surface area contributed by atoms with E-state index in [1.54, 1.807) is 0 Å². The van der Waals surface area contributed by atoms with Crippen molar-refractivity contribution in [3.05, 3.63) is 0 Å². The van der Waals surface area contributed by atoms with Gasteiger partial charge in [0.1, 0.15) is 0 Å². The van der Waals surface area contributed by atoms with Gasteiger partial charge in [-0.2, -0.15) is 0 Å². The maximum atomic E-state index is 9.57. The maximum Gasteiger partial charge on any atom is 0.0586 e. The van der Waals surface area contributed by atoms with Crippen LogP contribution in [0.3, 0.4) is 0 Å². The van der Waals surface area contributed by atoms with Gasteiger partial charge in [0.25, 0.3) is 0 Å². The molecule has 4 nitrogen and oxygen atoms in total. The molecule has 0 aliphatic rings. The highest BCUT2D eigenvalue weighted by Crippen LogP contribution is 2.15. The van der Waals surface area contributed by atoms with Crippen molar-refractivity contribution >= 4 is 0 Å². The van der Waals surface area contributed by atoms with Crippen LogP contribution in [0.15, 0.2) is 0 Å². The van der Waals surface area contributed by atoms with E-state index in [1.165, 1.54) is 96.3 Å². The van der Waals surface area contributed by atoms with Gasteiger partial charge in [-0.25, -0.2) is 0 Å². The molecule has 0 aliphatic carbocycles. The Morgan fingerprint density at radius 3 is 1.21 bits per heavy atom. The molecular weight excluding hydrogens is 350 g/mol. The molecule has 0 aromatic heterocycles. The second-order valence-electron chi connectivity index (χ2n) is 8.41. The van der Waals surface area contributed by atoms with E-state index in [2.05, 4.69) is 6.92 Å². The molecule has 0 fully saturated rings. The Bertz CT molecular complexity index is 283. The molecule has 0 aromatic carbocycles. The van der Waals surface area contributed by atoms with Crippen LogP contribution in [0.5, 0.6) is 0 Å². The highest BCUT2D eigenvalue weighted by atomic mass is 16.3. The molecule has 0 spiro atoms. The molecule has 0 amide bonds. The third-order valence-electron chi connectivity index (χ3n) is 5.89. The van der Waals surface area contributed by atoms with Crippen molar-refractivity contribution in [3.8, 4) is 0 Å². The molecule has 1 atom stereocenters. The average Bonchev–Trinajstić information content (AvgIpc) is 2.70. The predicted molar refractivity (Wildman–Crippen MR) is 121 cm³/mol. The molecule has 4 heteroatoms. The molecule has 0 rings (SSSR count). The Labute approximate surface area is 175 Å². The zero-order chi connectivity index (χ0) is 20.7. The summed E-state index contributed by atoms with van der Waals surface area (Å²) in [7, 11) is 0. The van der Waals surface area contributed by atoms with Gasteiger partial charge >= 0.3 is 0 Å². The van der Waals surface area contributed by atoms with E-state index >= 15 is 0 Å². The van der Waals surface area contributed by atoms with E-state index in [0.29, 0.717) is 13.1 Å². The minimum atomic E-state index is 0.0749. The van der Waals surface area contributed by atoms with Gasteiger partial charge in [-0.05, 0) is 6.42 Å². The molecule has 0 heterocycles. The van der Waals surface area contributed by atoms with Gasteiger partial charge in [0.05, 0.1) is 19.8 Å². The van der Waals surface area contributed by atoms with E-state index in [0.717, 1.165) is 12.8 Å². The fourth-order valence-electron chi connectivity index (χ4n) is 4.05. The standard InChI is InChI=1S/C24H51NO3/c1-2-3-4-5-6-7-8-9-10-11-12-13-14-15-16-17-18-24(23-28)25(19-21-26)20-22-27/h24,26-28H,2-23H2,1H3. The quantitative estimate of drug-likeness (QED) is 0.204. The fourth-order valence-corrected chi connectivity index (χ4v) is 4.05. The van der Waals surface area contributed by atoms with Crippen LogP contribution in [0.25, 0.3) is 0 Å². The van der Waals surface area contributed by atoms with Gasteiger partial charge in [0, 0.05) is 19.1 Å². The summed E-state index contributed by atoms with van der Waals surface area (Å²) in [5.41, 5.74) is 0. The van der Waals surface area contributed by atoms with Crippen LogP contribution in [0.4, 0.5) is 0 Å². The van der Waals surface area contributed by atoms with Gasteiger partial charge in [0.15, 0.2) is 0 Å². The number of rotatable bonds is 23. The smallest absolute Gasteiger partial charge is 0.0586 e. The fraction of sp³-hybridized carbons (Fsp3) is 1.00. The third kappa shape index (κ3) is 17.9. The SMILES string of the molecule is CCCCCCCCCCCCCCCCCCC(CO)N(CCO)CCO. The van der Waals surface area contributed by atoms with Crippen molar-refractivity contribution in [2.45, 2.75) is 122 Å². The molecule has 1 unspecified atom stereocenters. The van der Waals surface area contributed by atoms with Crippen molar-refractivity contribution in [1.29, 1.82) is 0 Å². The molecule has 0 bridgehead atoms. The predicted octanol–water partition coefficient (Wildman–Crippen LogP) is 5.29. The molecule has 0 radical (unpaired) electrons. The summed E-state index contributed by atoms with van der Waals surface area (Å²) in [5.74, 6) is 0. The molecule has 0 saturated heterocycles. The second-order valence-corrected chi connectivity index (χ2v) is 8.41. The Morgan fingerprint density at radius 1 is 0.536 bits per heavy atom. The van der Waals surface area contributed by atoms with Crippen molar-refractivity contribution in [3.63, 3.8) is 0 Å². The number of nitrogens with zero attached hydrogens (tertiary/aromatic N) is 1. The minimum Gasteiger partial charge on any atom is -0.395 e. The number of hydrogen-bond donors (Lipinski definition) is 3. The normalized spacial score (nSPS) is 12.8. The Morgan fingerprint density at radius 2 is 0.893 bits per heavy atom. The Balaban J connectivity index is 3.38. The lowest BCUT2D eigenvalue weighted by Crippen LogP contribution is -2.41. The van der Waals surface area contributed by atoms with Crippen LogP contribution in [0.2, 0.25) is 0 Å². The van der Waals surface area contributed by atoms with Crippen molar-refractivity contribution in [2.24, 2.45) is 0 Å². The lowest BCUT2D eigenvalue weighted by atomic mass is 10.0. The zero-order valence-electron chi connectivity index (χ0n) is 18.9. The topological polar surface area (TPSA) is 63.9 Å². The summed E-state index contributed by atoms with van der Waals surface area (Å²) < 4.78 is 0.